The quantitative estimate of drug-likeness (QED) is 0.756. The van der Waals surface area contributed by atoms with Crippen LogP contribution in [0.5, 0.6) is 5.75 Å². The topological polar surface area (TPSA) is 9.23 Å². The molecule has 2 aromatic rings. The monoisotopic (exact) mass is 258 g/mol. The van der Waals surface area contributed by atoms with Gasteiger partial charge in [-0.3, -0.25) is 0 Å². The van der Waals surface area contributed by atoms with Gasteiger partial charge in [-0.05, 0) is 29.8 Å². The van der Waals surface area contributed by atoms with Gasteiger partial charge in [-0.1, -0.05) is 55.0 Å². The Morgan fingerprint density at radius 2 is 1.83 bits per heavy atom. The lowest BCUT2D eigenvalue weighted by Crippen LogP contribution is -2.22. The summed E-state index contributed by atoms with van der Waals surface area (Å²) in [6, 6.07) is 16.0. The molecule has 0 bridgehead atoms. The summed E-state index contributed by atoms with van der Waals surface area (Å²) in [5.41, 5.74) is 2.37. The molecule has 0 aliphatic rings. The first-order valence-electron chi connectivity index (χ1n) is 6.12. The van der Waals surface area contributed by atoms with E-state index >= 15 is 0 Å². The van der Waals surface area contributed by atoms with E-state index in [-0.39, 0.29) is 0 Å². The van der Waals surface area contributed by atoms with Crippen molar-refractivity contribution in [1.29, 1.82) is 0 Å². The Labute approximate surface area is 114 Å². The zero-order chi connectivity index (χ0) is 13.0. The second kappa shape index (κ2) is 5.97. The van der Waals surface area contributed by atoms with E-state index in [1.165, 1.54) is 5.46 Å². The molecule has 0 unspecified atom stereocenters. The second-order valence-electron chi connectivity index (χ2n) is 4.65. The first-order valence-corrected chi connectivity index (χ1v) is 6.50. The van der Waals surface area contributed by atoms with Crippen LogP contribution in [0.2, 0.25) is 18.7 Å². The molecule has 0 amide bonds. The maximum absolute atomic E-state index is 5.94. The second-order valence-corrected chi connectivity index (χ2v) is 5.08. The molecule has 2 rings (SSSR count). The van der Waals surface area contributed by atoms with Gasteiger partial charge in [0, 0.05) is 5.02 Å². The van der Waals surface area contributed by atoms with Crippen molar-refractivity contribution < 1.29 is 4.74 Å². The zero-order valence-electron chi connectivity index (χ0n) is 10.7. The van der Waals surface area contributed by atoms with Crippen LogP contribution in [0.25, 0.3) is 0 Å². The Bertz CT molecular complexity index is 525. The molecule has 3 heteroatoms. The third kappa shape index (κ3) is 3.54. The predicted octanol–water partition coefficient (Wildman–Crippen LogP) is 3.88. The van der Waals surface area contributed by atoms with Crippen LogP contribution in [-0.2, 0) is 6.61 Å². The Morgan fingerprint density at radius 1 is 1.06 bits per heavy atom. The van der Waals surface area contributed by atoms with Gasteiger partial charge in [0.2, 0.25) is 0 Å². The molecule has 0 saturated carbocycles. The van der Waals surface area contributed by atoms with Gasteiger partial charge in [0.05, 0.1) is 0 Å². The van der Waals surface area contributed by atoms with Gasteiger partial charge in [0.1, 0.15) is 12.4 Å². The van der Waals surface area contributed by atoms with E-state index in [1.807, 2.05) is 36.4 Å². The van der Waals surface area contributed by atoms with Crippen LogP contribution in [-0.4, -0.2) is 6.71 Å². The smallest absolute Gasteiger partial charge is 0.169 e. The van der Waals surface area contributed by atoms with E-state index in [0.29, 0.717) is 13.3 Å². The maximum Gasteiger partial charge on any atom is 0.169 e. The minimum atomic E-state index is 0.514. The fourth-order valence-electron chi connectivity index (χ4n) is 1.76. The lowest BCUT2D eigenvalue weighted by molar-refractivity contribution is 0.306. The molecule has 0 fully saturated rings. The van der Waals surface area contributed by atoms with Crippen molar-refractivity contribution in [2.75, 3.05) is 0 Å². The standard InChI is InChI=1S/C15H16BClO/c1-16(2)13-6-4-8-15(10-13)18-11-12-5-3-7-14(17)9-12/h3-10H,11H2,1-2H3. The summed E-state index contributed by atoms with van der Waals surface area (Å²) in [6.45, 7) is 5.41. The van der Waals surface area contributed by atoms with E-state index in [9.17, 15) is 0 Å². The van der Waals surface area contributed by atoms with Gasteiger partial charge in [-0.15, -0.1) is 0 Å². The molecule has 0 aromatic heterocycles. The summed E-state index contributed by atoms with van der Waals surface area (Å²) in [5, 5.41) is 0.743. The number of benzene rings is 2. The highest BCUT2D eigenvalue weighted by Gasteiger charge is 2.04. The van der Waals surface area contributed by atoms with Crippen molar-refractivity contribution >= 4 is 23.8 Å². The van der Waals surface area contributed by atoms with E-state index in [2.05, 4.69) is 25.8 Å². The van der Waals surface area contributed by atoms with Crippen molar-refractivity contribution in [2.45, 2.75) is 20.3 Å². The van der Waals surface area contributed by atoms with E-state index < -0.39 is 0 Å². The zero-order valence-corrected chi connectivity index (χ0v) is 11.4. The van der Waals surface area contributed by atoms with E-state index in [1.54, 1.807) is 0 Å². The lowest BCUT2D eigenvalue weighted by atomic mass is 9.49. The number of ether oxygens (including phenoxy) is 1. The molecule has 1 nitrogen and oxygen atoms in total. The highest BCUT2D eigenvalue weighted by atomic mass is 35.5. The van der Waals surface area contributed by atoms with Crippen LogP contribution in [0.4, 0.5) is 0 Å². The summed E-state index contributed by atoms with van der Waals surface area (Å²) >= 11 is 5.94. The van der Waals surface area contributed by atoms with Crippen LogP contribution in [0.1, 0.15) is 5.56 Å². The van der Waals surface area contributed by atoms with Crippen LogP contribution in [0.3, 0.4) is 0 Å². The van der Waals surface area contributed by atoms with Crippen molar-refractivity contribution in [3.05, 3.63) is 59.1 Å². The molecule has 18 heavy (non-hydrogen) atoms. The molecular formula is C15H16BClO. The molecule has 0 saturated heterocycles. The molecular weight excluding hydrogens is 242 g/mol. The average molecular weight is 259 g/mol. The predicted molar refractivity (Wildman–Crippen MR) is 79.3 cm³/mol. The van der Waals surface area contributed by atoms with Gasteiger partial charge in [-0.25, -0.2) is 0 Å². The van der Waals surface area contributed by atoms with Crippen LogP contribution >= 0.6 is 11.6 Å². The van der Waals surface area contributed by atoms with Gasteiger partial charge in [-0.2, -0.15) is 0 Å². The Kier molecular flexibility index (Phi) is 4.32. The molecule has 0 radical (unpaired) electrons. The molecule has 0 N–H and O–H groups in total. The molecule has 0 aliphatic heterocycles. The molecule has 0 aliphatic carbocycles. The van der Waals surface area contributed by atoms with Crippen LogP contribution < -0.4 is 10.2 Å². The maximum atomic E-state index is 5.94. The summed E-state index contributed by atoms with van der Waals surface area (Å²) in [6.07, 6.45) is 0. The summed E-state index contributed by atoms with van der Waals surface area (Å²) in [5.74, 6) is 0.904. The molecule has 92 valence electrons. The summed E-state index contributed by atoms with van der Waals surface area (Å²) in [4.78, 5) is 0. The lowest BCUT2D eigenvalue weighted by Gasteiger charge is -2.09. The normalized spacial score (nSPS) is 10.2. The van der Waals surface area contributed by atoms with E-state index in [0.717, 1.165) is 16.3 Å². The SMILES string of the molecule is CB(C)c1cccc(OCc2cccc(Cl)c2)c1. The number of hydrogen-bond donors (Lipinski definition) is 0. The van der Waals surface area contributed by atoms with E-state index in [4.69, 9.17) is 16.3 Å². The average Bonchev–Trinajstić information content (AvgIpc) is 2.37. The first kappa shape index (κ1) is 13.0. The number of halogens is 1. The van der Waals surface area contributed by atoms with Gasteiger partial charge in [0.25, 0.3) is 0 Å². The minimum Gasteiger partial charge on any atom is -0.489 e. The Balaban J connectivity index is 2.04. The van der Waals surface area contributed by atoms with Crippen molar-refractivity contribution in [2.24, 2.45) is 0 Å². The van der Waals surface area contributed by atoms with Crippen LogP contribution in [0, 0.1) is 0 Å². The highest BCUT2D eigenvalue weighted by molar-refractivity contribution is 6.70. The largest absolute Gasteiger partial charge is 0.489 e. The number of rotatable bonds is 4. The Hall–Kier alpha value is -1.41. The third-order valence-corrected chi connectivity index (χ3v) is 3.05. The molecule has 2 aromatic carbocycles. The fraction of sp³-hybridized carbons (Fsp3) is 0.200. The minimum absolute atomic E-state index is 0.514. The molecule has 0 heterocycles. The molecule has 0 atom stereocenters. The highest BCUT2D eigenvalue weighted by Crippen LogP contribution is 2.14. The molecule has 0 spiro atoms. The van der Waals surface area contributed by atoms with Crippen molar-refractivity contribution in [3.8, 4) is 5.75 Å². The first-order chi connectivity index (χ1) is 8.65. The van der Waals surface area contributed by atoms with Gasteiger partial charge >= 0.3 is 0 Å². The summed E-state index contributed by atoms with van der Waals surface area (Å²) in [7, 11) is 0. The van der Waals surface area contributed by atoms with Gasteiger partial charge < -0.3 is 4.74 Å². The number of hydrogen-bond acceptors (Lipinski definition) is 1. The van der Waals surface area contributed by atoms with Gasteiger partial charge in [0.15, 0.2) is 6.71 Å². The summed E-state index contributed by atoms with van der Waals surface area (Å²) < 4.78 is 5.78. The van der Waals surface area contributed by atoms with Crippen LogP contribution in [0.15, 0.2) is 48.5 Å². The third-order valence-electron chi connectivity index (χ3n) is 2.82. The fourth-order valence-corrected chi connectivity index (χ4v) is 1.97. The Morgan fingerprint density at radius 3 is 2.56 bits per heavy atom. The van der Waals surface area contributed by atoms with Crippen molar-refractivity contribution in [1.82, 2.24) is 0 Å². The van der Waals surface area contributed by atoms with Crippen molar-refractivity contribution in [3.63, 3.8) is 0 Å².